The molecule has 28 heavy (non-hydrogen) atoms. The van der Waals surface area contributed by atoms with Gasteiger partial charge in [0.15, 0.2) is 0 Å². The Morgan fingerprint density at radius 3 is 1.43 bits per heavy atom. The van der Waals surface area contributed by atoms with E-state index in [1.54, 1.807) is 6.42 Å². The SMILES string of the molecule is C.CC1CCC(CC2CCC(C)CC2)CC1.CCC1(C)CC(C)CC(C)(C)C1. The van der Waals surface area contributed by atoms with Crippen LogP contribution in [0.5, 0.6) is 0 Å². The summed E-state index contributed by atoms with van der Waals surface area (Å²) in [6.45, 7) is 16.9. The molecule has 0 aromatic rings. The second-order valence-corrected chi connectivity index (χ2v) is 12.5. The fourth-order valence-electron chi connectivity index (χ4n) is 7.03. The topological polar surface area (TPSA) is 0 Å². The average Bonchev–Trinajstić information content (AvgIpc) is 2.57. The smallest absolute Gasteiger partial charge is 0.0321 e. The van der Waals surface area contributed by atoms with Gasteiger partial charge in [-0.15, -0.1) is 0 Å². The summed E-state index contributed by atoms with van der Waals surface area (Å²) in [5, 5.41) is 0. The van der Waals surface area contributed by atoms with Crippen LogP contribution >= 0.6 is 0 Å². The zero-order chi connectivity index (χ0) is 20.1. The molecule has 0 aromatic carbocycles. The fourth-order valence-corrected chi connectivity index (χ4v) is 7.03. The molecule has 0 radical (unpaired) electrons. The van der Waals surface area contributed by atoms with Gasteiger partial charge in [-0.1, -0.05) is 114 Å². The van der Waals surface area contributed by atoms with Gasteiger partial charge < -0.3 is 0 Å². The van der Waals surface area contributed by atoms with Crippen molar-refractivity contribution in [1.29, 1.82) is 0 Å². The van der Waals surface area contributed by atoms with Crippen LogP contribution < -0.4 is 0 Å². The van der Waals surface area contributed by atoms with E-state index in [1.807, 2.05) is 0 Å². The quantitative estimate of drug-likeness (QED) is 0.448. The van der Waals surface area contributed by atoms with Gasteiger partial charge >= 0.3 is 0 Å². The fraction of sp³-hybridized carbons (Fsp3) is 1.00. The molecule has 2 atom stereocenters. The van der Waals surface area contributed by atoms with E-state index in [-0.39, 0.29) is 7.43 Å². The first kappa shape index (κ1) is 26.0. The molecule has 3 fully saturated rings. The molecule has 0 nitrogen and oxygen atoms in total. The summed E-state index contributed by atoms with van der Waals surface area (Å²) < 4.78 is 0. The molecule has 0 heteroatoms. The standard InChI is InChI=1S/C15H28.C12H24.CH4/c1-12-3-7-14(8-4-12)11-15-9-5-13(2)6-10-15;1-6-12(5)8-10(2)7-11(3,4)9-12;/h12-15H,3-11H2,1-2H3;10H,6-9H2,1-5H3;1H4. The summed E-state index contributed by atoms with van der Waals surface area (Å²) in [5.41, 5.74) is 1.21. The third-order valence-electron chi connectivity index (χ3n) is 8.44. The van der Waals surface area contributed by atoms with E-state index < -0.39 is 0 Å². The van der Waals surface area contributed by atoms with E-state index in [4.69, 9.17) is 0 Å². The van der Waals surface area contributed by atoms with Crippen LogP contribution in [-0.4, -0.2) is 0 Å². The van der Waals surface area contributed by atoms with Crippen LogP contribution in [0.15, 0.2) is 0 Å². The van der Waals surface area contributed by atoms with Crippen LogP contribution in [0, 0.1) is 40.4 Å². The minimum Gasteiger partial charge on any atom is -0.0776 e. The molecular formula is C28H56. The first-order valence-electron chi connectivity index (χ1n) is 12.6. The van der Waals surface area contributed by atoms with Crippen LogP contribution in [0.3, 0.4) is 0 Å². The van der Waals surface area contributed by atoms with Gasteiger partial charge in [-0.05, 0) is 66.1 Å². The summed E-state index contributed by atoms with van der Waals surface area (Å²) in [6, 6.07) is 0. The molecule has 2 unspecified atom stereocenters. The number of hydrogen-bond acceptors (Lipinski definition) is 0. The maximum absolute atomic E-state index is 2.46. The van der Waals surface area contributed by atoms with Gasteiger partial charge in [0.1, 0.15) is 0 Å². The lowest BCUT2D eigenvalue weighted by Gasteiger charge is -2.45. The van der Waals surface area contributed by atoms with Crippen LogP contribution in [0.25, 0.3) is 0 Å². The largest absolute Gasteiger partial charge is 0.0776 e. The van der Waals surface area contributed by atoms with Crippen LogP contribution in [0.4, 0.5) is 0 Å². The number of rotatable bonds is 3. The Labute approximate surface area is 180 Å². The van der Waals surface area contributed by atoms with Gasteiger partial charge in [0.2, 0.25) is 0 Å². The molecule has 0 aliphatic heterocycles. The molecule has 168 valence electrons. The van der Waals surface area contributed by atoms with E-state index in [0.29, 0.717) is 10.8 Å². The minimum absolute atomic E-state index is 0. The summed E-state index contributed by atoms with van der Waals surface area (Å²) in [7, 11) is 0. The summed E-state index contributed by atoms with van der Waals surface area (Å²) in [4.78, 5) is 0. The van der Waals surface area contributed by atoms with Crippen molar-refractivity contribution in [1.82, 2.24) is 0 Å². The summed E-state index contributed by atoms with van der Waals surface area (Å²) in [6.07, 6.45) is 19.4. The molecule has 3 aliphatic carbocycles. The van der Waals surface area contributed by atoms with Crippen LogP contribution in [0.2, 0.25) is 0 Å². The van der Waals surface area contributed by atoms with Crippen molar-refractivity contribution in [2.75, 3.05) is 0 Å². The Bertz CT molecular complexity index is 386. The zero-order valence-electron chi connectivity index (χ0n) is 20.1. The predicted molar refractivity (Wildman–Crippen MR) is 129 cm³/mol. The Morgan fingerprint density at radius 1 is 0.643 bits per heavy atom. The maximum Gasteiger partial charge on any atom is -0.0321 e. The highest BCUT2D eigenvalue weighted by atomic mass is 14.4. The van der Waals surface area contributed by atoms with Gasteiger partial charge in [0.25, 0.3) is 0 Å². The molecule has 3 rings (SSSR count). The lowest BCUT2D eigenvalue weighted by atomic mass is 9.60. The van der Waals surface area contributed by atoms with Crippen molar-refractivity contribution in [3.8, 4) is 0 Å². The maximum atomic E-state index is 2.46. The van der Waals surface area contributed by atoms with E-state index >= 15 is 0 Å². The first-order chi connectivity index (χ1) is 12.6. The third-order valence-corrected chi connectivity index (χ3v) is 8.44. The second kappa shape index (κ2) is 11.4. The highest BCUT2D eigenvalue weighted by Crippen LogP contribution is 2.49. The second-order valence-electron chi connectivity index (χ2n) is 12.5. The van der Waals surface area contributed by atoms with Crippen molar-refractivity contribution in [2.24, 2.45) is 40.4 Å². The molecule has 0 aromatic heterocycles. The lowest BCUT2D eigenvalue weighted by molar-refractivity contribution is 0.0582. The van der Waals surface area contributed by atoms with Crippen LogP contribution in [-0.2, 0) is 0 Å². The molecule has 3 aliphatic rings. The van der Waals surface area contributed by atoms with Crippen molar-refractivity contribution in [3.63, 3.8) is 0 Å². The van der Waals surface area contributed by atoms with Gasteiger partial charge in [-0.2, -0.15) is 0 Å². The average molecular weight is 393 g/mol. The summed E-state index contributed by atoms with van der Waals surface area (Å²) in [5.74, 6) is 5.16. The third kappa shape index (κ3) is 8.79. The summed E-state index contributed by atoms with van der Waals surface area (Å²) >= 11 is 0. The first-order valence-corrected chi connectivity index (χ1v) is 12.6. The van der Waals surface area contributed by atoms with Gasteiger partial charge in [0.05, 0.1) is 0 Å². The monoisotopic (exact) mass is 392 g/mol. The van der Waals surface area contributed by atoms with Gasteiger partial charge in [-0.3, -0.25) is 0 Å². The van der Waals surface area contributed by atoms with Crippen molar-refractivity contribution < 1.29 is 0 Å². The molecule has 0 bridgehead atoms. The Morgan fingerprint density at radius 2 is 1.07 bits per heavy atom. The van der Waals surface area contributed by atoms with Gasteiger partial charge in [-0.25, -0.2) is 0 Å². The molecule has 0 amide bonds. The Balaban J connectivity index is 0.000000277. The Hall–Kier alpha value is 0. The number of hydrogen-bond donors (Lipinski definition) is 0. The minimum atomic E-state index is 0. The van der Waals surface area contributed by atoms with E-state index in [2.05, 4.69) is 48.5 Å². The van der Waals surface area contributed by atoms with Crippen molar-refractivity contribution in [3.05, 3.63) is 0 Å². The molecule has 0 heterocycles. The normalized spacial score (nSPS) is 40.6. The van der Waals surface area contributed by atoms with Gasteiger partial charge in [0, 0.05) is 0 Å². The Kier molecular flexibility index (Phi) is 10.6. The predicted octanol–water partition coefficient (Wildman–Crippen LogP) is 9.91. The molecule has 0 spiro atoms. The van der Waals surface area contributed by atoms with E-state index in [1.165, 1.54) is 77.0 Å². The molecule has 0 N–H and O–H groups in total. The highest BCUT2D eigenvalue weighted by molar-refractivity contribution is 4.89. The van der Waals surface area contributed by atoms with E-state index in [9.17, 15) is 0 Å². The molecular weight excluding hydrogens is 336 g/mol. The molecule has 3 saturated carbocycles. The van der Waals surface area contributed by atoms with Crippen LogP contribution in [0.1, 0.15) is 139 Å². The van der Waals surface area contributed by atoms with Crippen molar-refractivity contribution >= 4 is 0 Å². The lowest BCUT2D eigenvalue weighted by Crippen LogP contribution is -2.34. The highest BCUT2D eigenvalue weighted by Gasteiger charge is 2.38. The zero-order valence-corrected chi connectivity index (χ0v) is 20.1. The van der Waals surface area contributed by atoms with Crippen molar-refractivity contribution in [2.45, 2.75) is 139 Å². The van der Waals surface area contributed by atoms with E-state index in [0.717, 1.165) is 29.6 Å². The molecule has 0 saturated heterocycles.